The van der Waals surface area contributed by atoms with Crippen LogP contribution < -0.4 is 5.32 Å². The van der Waals surface area contributed by atoms with Crippen molar-refractivity contribution in [3.63, 3.8) is 0 Å². The number of rotatable bonds is 1. The Morgan fingerprint density at radius 3 is 2.73 bits per heavy atom. The number of hydrogen-bond acceptors (Lipinski definition) is 1. The smallest absolute Gasteiger partial charge is 0.217 e. The normalized spacial score (nSPS) is 31.5. The summed E-state index contributed by atoms with van der Waals surface area (Å²) in [6, 6.07) is 0.455. The lowest BCUT2D eigenvalue weighted by molar-refractivity contribution is -0.119. The lowest BCUT2D eigenvalue weighted by Gasteiger charge is -2.26. The molecular weight excluding hydrogens is 138 g/mol. The average molecular weight is 155 g/mol. The number of hydrogen-bond donors (Lipinski definition) is 1. The van der Waals surface area contributed by atoms with E-state index in [0.717, 1.165) is 5.92 Å². The van der Waals surface area contributed by atoms with Crippen LogP contribution in [-0.4, -0.2) is 11.9 Å². The Bertz CT molecular complexity index is 144. The molecule has 0 spiro atoms. The van der Waals surface area contributed by atoms with Gasteiger partial charge in [-0.25, -0.2) is 0 Å². The van der Waals surface area contributed by atoms with Crippen LogP contribution in [0.1, 0.15) is 39.5 Å². The van der Waals surface area contributed by atoms with Gasteiger partial charge in [0.25, 0.3) is 0 Å². The van der Waals surface area contributed by atoms with E-state index in [2.05, 4.69) is 12.2 Å². The maximum absolute atomic E-state index is 10.7. The summed E-state index contributed by atoms with van der Waals surface area (Å²) < 4.78 is 0. The number of amides is 1. The minimum Gasteiger partial charge on any atom is -0.354 e. The molecule has 1 rings (SSSR count). The fourth-order valence-electron chi connectivity index (χ4n) is 1.85. The highest BCUT2D eigenvalue weighted by Crippen LogP contribution is 2.23. The number of nitrogens with one attached hydrogen (secondary N) is 1. The molecule has 1 amide bonds. The van der Waals surface area contributed by atoms with Gasteiger partial charge in [-0.3, -0.25) is 4.79 Å². The second kappa shape index (κ2) is 3.74. The third kappa shape index (κ3) is 2.91. The molecule has 0 bridgehead atoms. The molecule has 1 saturated carbocycles. The van der Waals surface area contributed by atoms with Crippen LogP contribution in [0.3, 0.4) is 0 Å². The monoisotopic (exact) mass is 155 g/mol. The predicted molar refractivity (Wildman–Crippen MR) is 45.2 cm³/mol. The zero-order valence-electron chi connectivity index (χ0n) is 7.39. The van der Waals surface area contributed by atoms with E-state index in [1.54, 1.807) is 6.92 Å². The van der Waals surface area contributed by atoms with Crippen molar-refractivity contribution in [3.8, 4) is 0 Å². The minimum absolute atomic E-state index is 0.115. The summed E-state index contributed by atoms with van der Waals surface area (Å²) in [7, 11) is 0. The van der Waals surface area contributed by atoms with Gasteiger partial charge in [-0.1, -0.05) is 19.8 Å². The van der Waals surface area contributed by atoms with Gasteiger partial charge >= 0.3 is 0 Å². The van der Waals surface area contributed by atoms with Crippen LogP contribution in [0.5, 0.6) is 0 Å². The largest absolute Gasteiger partial charge is 0.354 e. The fourth-order valence-corrected chi connectivity index (χ4v) is 1.85. The van der Waals surface area contributed by atoms with Crippen molar-refractivity contribution < 1.29 is 4.79 Å². The summed E-state index contributed by atoms with van der Waals surface area (Å²) in [5.74, 6) is 0.907. The molecule has 0 heterocycles. The van der Waals surface area contributed by atoms with E-state index in [4.69, 9.17) is 0 Å². The highest BCUT2D eigenvalue weighted by molar-refractivity contribution is 5.73. The molecule has 0 aromatic carbocycles. The summed E-state index contributed by atoms with van der Waals surface area (Å²) in [4.78, 5) is 10.7. The summed E-state index contributed by atoms with van der Waals surface area (Å²) >= 11 is 0. The van der Waals surface area contributed by atoms with Gasteiger partial charge in [0, 0.05) is 13.0 Å². The predicted octanol–water partition coefficient (Wildman–Crippen LogP) is 1.70. The molecule has 0 aliphatic heterocycles. The molecule has 1 N–H and O–H groups in total. The molecule has 1 fully saturated rings. The number of carbonyl (C=O) groups is 1. The van der Waals surface area contributed by atoms with Crippen LogP contribution >= 0.6 is 0 Å². The van der Waals surface area contributed by atoms with Crippen molar-refractivity contribution in [1.29, 1.82) is 0 Å². The third-order valence-corrected chi connectivity index (χ3v) is 2.34. The van der Waals surface area contributed by atoms with E-state index in [1.165, 1.54) is 25.7 Å². The van der Waals surface area contributed by atoms with Crippen molar-refractivity contribution in [3.05, 3.63) is 0 Å². The fraction of sp³-hybridized carbons (Fsp3) is 0.889. The molecule has 1 aliphatic carbocycles. The first-order chi connectivity index (χ1) is 5.18. The van der Waals surface area contributed by atoms with Crippen LogP contribution in [0.4, 0.5) is 0 Å². The van der Waals surface area contributed by atoms with Crippen LogP contribution in [-0.2, 0) is 4.79 Å². The highest BCUT2D eigenvalue weighted by Gasteiger charge is 2.18. The summed E-state index contributed by atoms with van der Waals surface area (Å²) in [6.07, 6.45) is 4.94. The zero-order chi connectivity index (χ0) is 8.27. The number of carbonyl (C=O) groups excluding carboxylic acids is 1. The van der Waals surface area contributed by atoms with Gasteiger partial charge in [-0.05, 0) is 18.8 Å². The van der Waals surface area contributed by atoms with Crippen LogP contribution in [0, 0.1) is 5.92 Å². The quantitative estimate of drug-likeness (QED) is 0.613. The van der Waals surface area contributed by atoms with Gasteiger partial charge in [-0.15, -0.1) is 0 Å². The molecule has 0 aromatic rings. The van der Waals surface area contributed by atoms with Crippen molar-refractivity contribution in [1.82, 2.24) is 5.32 Å². The molecular formula is C9H17NO. The maximum atomic E-state index is 10.7. The Labute approximate surface area is 68.4 Å². The first-order valence-corrected chi connectivity index (χ1v) is 4.45. The van der Waals surface area contributed by atoms with Gasteiger partial charge in [0.15, 0.2) is 0 Å². The van der Waals surface area contributed by atoms with E-state index < -0.39 is 0 Å². The molecule has 0 radical (unpaired) electrons. The van der Waals surface area contributed by atoms with Gasteiger partial charge in [0.1, 0.15) is 0 Å². The second-order valence-electron chi connectivity index (χ2n) is 3.67. The third-order valence-electron chi connectivity index (χ3n) is 2.34. The second-order valence-corrected chi connectivity index (χ2v) is 3.67. The molecule has 11 heavy (non-hydrogen) atoms. The summed E-state index contributed by atoms with van der Waals surface area (Å²) in [5.41, 5.74) is 0. The average Bonchev–Trinajstić information content (AvgIpc) is 1.85. The highest BCUT2D eigenvalue weighted by atomic mass is 16.1. The van der Waals surface area contributed by atoms with Gasteiger partial charge in [0.2, 0.25) is 5.91 Å². The van der Waals surface area contributed by atoms with E-state index in [-0.39, 0.29) is 5.91 Å². The molecule has 0 saturated heterocycles. The van der Waals surface area contributed by atoms with Crippen LogP contribution in [0.25, 0.3) is 0 Å². The Balaban J connectivity index is 2.28. The van der Waals surface area contributed by atoms with Crippen molar-refractivity contribution in [2.75, 3.05) is 0 Å². The first kappa shape index (κ1) is 8.57. The topological polar surface area (TPSA) is 29.1 Å². The van der Waals surface area contributed by atoms with E-state index >= 15 is 0 Å². The Morgan fingerprint density at radius 2 is 2.18 bits per heavy atom. The van der Waals surface area contributed by atoms with E-state index in [1.807, 2.05) is 0 Å². The lowest BCUT2D eigenvalue weighted by atomic mass is 9.87. The Hall–Kier alpha value is -0.530. The van der Waals surface area contributed by atoms with Gasteiger partial charge < -0.3 is 5.32 Å². The molecule has 2 nitrogen and oxygen atoms in total. The van der Waals surface area contributed by atoms with Crippen molar-refractivity contribution in [2.45, 2.75) is 45.6 Å². The maximum Gasteiger partial charge on any atom is 0.217 e. The molecule has 64 valence electrons. The van der Waals surface area contributed by atoms with E-state index in [9.17, 15) is 4.79 Å². The molecule has 0 unspecified atom stereocenters. The Morgan fingerprint density at radius 1 is 1.45 bits per heavy atom. The van der Waals surface area contributed by atoms with E-state index in [0.29, 0.717) is 6.04 Å². The van der Waals surface area contributed by atoms with Gasteiger partial charge in [-0.2, -0.15) is 0 Å². The standard InChI is InChI=1S/C9H17NO/c1-7-4-3-5-9(6-7)10-8(2)11/h7,9H,3-6H2,1-2H3,(H,10,11)/t7-,9-/m1/s1. The molecule has 2 heteroatoms. The van der Waals surface area contributed by atoms with Crippen molar-refractivity contribution >= 4 is 5.91 Å². The Kier molecular flexibility index (Phi) is 2.92. The molecule has 2 atom stereocenters. The minimum atomic E-state index is 0.115. The molecule has 1 aliphatic rings. The van der Waals surface area contributed by atoms with Crippen molar-refractivity contribution in [2.24, 2.45) is 5.92 Å². The van der Waals surface area contributed by atoms with Crippen LogP contribution in [0.15, 0.2) is 0 Å². The lowest BCUT2D eigenvalue weighted by Crippen LogP contribution is -2.36. The summed E-state index contributed by atoms with van der Waals surface area (Å²) in [6.45, 7) is 3.85. The first-order valence-electron chi connectivity index (χ1n) is 4.45. The molecule has 0 aromatic heterocycles. The summed E-state index contributed by atoms with van der Waals surface area (Å²) in [5, 5.41) is 2.97. The zero-order valence-corrected chi connectivity index (χ0v) is 7.39. The van der Waals surface area contributed by atoms with Crippen LogP contribution in [0.2, 0.25) is 0 Å². The SMILES string of the molecule is CC(=O)N[C@@H]1CCC[C@@H](C)C1. The van der Waals surface area contributed by atoms with Gasteiger partial charge in [0.05, 0.1) is 0 Å².